The fourth-order valence-electron chi connectivity index (χ4n) is 2.09. The standard InChI is InChI=1S/C17H28FN3.HI/c1-5-14-7-9-15(10-8-14)17(2,3)13-21-16(19-4)20-12-6-11-18;/h7-10H,5-6,11-13H2,1-4H3,(H2,19,20,21);1H. The molecule has 0 aliphatic heterocycles. The van der Waals surface area contributed by atoms with Crippen molar-refractivity contribution in [3.05, 3.63) is 35.4 Å². The Kier molecular flexibility index (Phi) is 10.4. The van der Waals surface area contributed by atoms with E-state index < -0.39 is 0 Å². The number of halogens is 2. The molecule has 0 aliphatic carbocycles. The normalized spacial score (nSPS) is 11.8. The molecule has 0 unspecified atom stereocenters. The van der Waals surface area contributed by atoms with Gasteiger partial charge >= 0.3 is 0 Å². The van der Waals surface area contributed by atoms with Gasteiger partial charge in [0.2, 0.25) is 0 Å². The van der Waals surface area contributed by atoms with E-state index in [9.17, 15) is 4.39 Å². The third kappa shape index (κ3) is 6.94. The van der Waals surface area contributed by atoms with Crippen molar-refractivity contribution in [3.63, 3.8) is 0 Å². The predicted molar refractivity (Wildman–Crippen MR) is 104 cm³/mol. The molecular formula is C17H29FIN3. The van der Waals surface area contributed by atoms with Crippen molar-refractivity contribution in [1.82, 2.24) is 10.6 Å². The molecule has 126 valence electrons. The average Bonchev–Trinajstić information content (AvgIpc) is 2.50. The molecule has 0 saturated carbocycles. The lowest BCUT2D eigenvalue weighted by Gasteiger charge is -2.27. The number of hydrogen-bond donors (Lipinski definition) is 2. The maximum Gasteiger partial charge on any atom is 0.191 e. The summed E-state index contributed by atoms with van der Waals surface area (Å²) in [6, 6.07) is 8.76. The van der Waals surface area contributed by atoms with Gasteiger partial charge < -0.3 is 10.6 Å². The van der Waals surface area contributed by atoms with E-state index in [1.807, 2.05) is 0 Å². The van der Waals surface area contributed by atoms with Gasteiger partial charge in [-0.05, 0) is 24.0 Å². The van der Waals surface area contributed by atoms with Crippen LogP contribution in [0, 0.1) is 0 Å². The largest absolute Gasteiger partial charge is 0.356 e. The zero-order valence-corrected chi connectivity index (χ0v) is 16.4. The third-order valence-electron chi connectivity index (χ3n) is 3.67. The maximum atomic E-state index is 12.1. The first kappa shape index (κ1) is 21.1. The van der Waals surface area contributed by atoms with Gasteiger partial charge in [0.25, 0.3) is 0 Å². The van der Waals surface area contributed by atoms with E-state index in [4.69, 9.17) is 0 Å². The van der Waals surface area contributed by atoms with Gasteiger partial charge in [-0.3, -0.25) is 9.38 Å². The Hall–Kier alpha value is -0.850. The number of benzene rings is 1. The van der Waals surface area contributed by atoms with Gasteiger partial charge in [-0.15, -0.1) is 24.0 Å². The summed E-state index contributed by atoms with van der Waals surface area (Å²) in [4.78, 5) is 4.16. The lowest BCUT2D eigenvalue weighted by atomic mass is 9.84. The summed E-state index contributed by atoms with van der Waals surface area (Å²) < 4.78 is 12.1. The average molecular weight is 421 g/mol. The molecule has 0 fully saturated rings. The second kappa shape index (κ2) is 10.8. The highest BCUT2D eigenvalue weighted by molar-refractivity contribution is 14.0. The molecule has 0 radical (unpaired) electrons. The molecule has 0 heterocycles. The summed E-state index contributed by atoms with van der Waals surface area (Å²) in [7, 11) is 1.73. The maximum absolute atomic E-state index is 12.1. The summed E-state index contributed by atoms with van der Waals surface area (Å²) in [6.07, 6.45) is 1.56. The quantitative estimate of drug-likeness (QED) is 0.305. The fraction of sp³-hybridized carbons (Fsp3) is 0.588. The van der Waals surface area contributed by atoms with Crippen molar-refractivity contribution in [3.8, 4) is 0 Å². The minimum Gasteiger partial charge on any atom is -0.356 e. The van der Waals surface area contributed by atoms with Crippen molar-refractivity contribution < 1.29 is 4.39 Å². The Labute approximate surface area is 151 Å². The van der Waals surface area contributed by atoms with Crippen LogP contribution in [0.3, 0.4) is 0 Å². The molecule has 2 N–H and O–H groups in total. The van der Waals surface area contributed by atoms with Crippen LogP contribution in [-0.2, 0) is 11.8 Å². The Morgan fingerprint density at radius 2 is 1.82 bits per heavy atom. The highest BCUT2D eigenvalue weighted by atomic mass is 127. The van der Waals surface area contributed by atoms with Gasteiger partial charge in [-0.1, -0.05) is 45.0 Å². The van der Waals surface area contributed by atoms with E-state index in [1.165, 1.54) is 11.1 Å². The Balaban J connectivity index is 0.00000441. The number of nitrogens with one attached hydrogen (secondary N) is 2. The van der Waals surface area contributed by atoms with E-state index in [0.29, 0.717) is 13.0 Å². The zero-order valence-electron chi connectivity index (χ0n) is 14.1. The van der Waals surface area contributed by atoms with Crippen LogP contribution < -0.4 is 10.6 Å². The topological polar surface area (TPSA) is 36.4 Å². The fourth-order valence-corrected chi connectivity index (χ4v) is 2.09. The van der Waals surface area contributed by atoms with Gasteiger partial charge in [-0.25, -0.2) is 0 Å². The Morgan fingerprint density at radius 1 is 1.18 bits per heavy atom. The smallest absolute Gasteiger partial charge is 0.191 e. The first-order valence-corrected chi connectivity index (χ1v) is 7.63. The molecule has 1 rings (SSSR count). The molecule has 0 spiro atoms. The van der Waals surface area contributed by atoms with Crippen molar-refractivity contribution in [2.45, 2.75) is 39.0 Å². The predicted octanol–water partition coefficient (Wildman–Crippen LogP) is 3.67. The van der Waals surface area contributed by atoms with E-state index in [1.54, 1.807) is 7.05 Å². The number of nitrogens with zero attached hydrogens (tertiary/aromatic N) is 1. The van der Waals surface area contributed by atoms with E-state index in [2.05, 4.69) is 60.7 Å². The second-order valence-electron chi connectivity index (χ2n) is 5.83. The molecule has 0 amide bonds. The van der Waals surface area contributed by atoms with Gasteiger partial charge in [-0.2, -0.15) is 0 Å². The first-order chi connectivity index (χ1) is 10.0. The number of guanidine groups is 1. The second-order valence-corrected chi connectivity index (χ2v) is 5.83. The summed E-state index contributed by atoms with van der Waals surface area (Å²) in [5, 5.41) is 6.42. The third-order valence-corrected chi connectivity index (χ3v) is 3.67. The van der Waals surface area contributed by atoms with Crippen LogP contribution in [0.1, 0.15) is 38.3 Å². The van der Waals surface area contributed by atoms with Gasteiger partial charge in [0.1, 0.15) is 0 Å². The molecule has 3 nitrogen and oxygen atoms in total. The van der Waals surface area contributed by atoms with Crippen molar-refractivity contribution >= 4 is 29.9 Å². The van der Waals surface area contributed by atoms with Crippen LogP contribution >= 0.6 is 24.0 Å². The van der Waals surface area contributed by atoms with E-state index in [0.717, 1.165) is 18.9 Å². The highest BCUT2D eigenvalue weighted by Crippen LogP contribution is 2.22. The van der Waals surface area contributed by atoms with Crippen molar-refractivity contribution in [1.29, 1.82) is 0 Å². The van der Waals surface area contributed by atoms with Crippen LogP contribution in [0.15, 0.2) is 29.3 Å². The van der Waals surface area contributed by atoms with Crippen LogP contribution in [0.5, 0.6) is 0 Å². The van der Waals surface area contributed by atoms with Gasteiger partial charge in [0.05, 0.1) is 6.67 Å². The number of aryl methyl sites for hydroxylation is 1. The minimum atomic E-state index is -0.306. The molecule has 0 aromatic heterocycles. The number of alkyl halides is 1. The monoisotopic (exact) mass is 421 g/mol. The van der Waals surface area contributed by atoms with Gasteiger partial charge in [0.15, 0.2) is 5.96 Å². The Morgan fingerprint density at radius 3 is 2.32 bits per heavy atom. The summed E-state index contributed by atoms with van der Waals surface area (Å²) in [5.74, 6) is 0.724. The zero-order chi connectivity index (χ0) is 15.7. The van der Waals surface area contributed by atoms with Gasteiger partial charge in [0, 0.05) is 25.6 Å². The van der Waals surface area contributed by atoms with E-state index >= 15 is 0 Å². The first-order valence-electron chi connectivity index (χ1n) is 7.63. The number of aliphatic imine (C=N–C) groups is 1. The molecule has 0 atom stereocenters. The van der Waals surface area contributed by atoms with Crippen LogP contribution in [0.2, 0.25) is 0 Å². The Bertz CT molecular complexity index is 444. The lowest BCUT2D eigenvalue weighted by molar-refractivity contribution is 0.468. The summed E-state index contributed by atoms with van der Waals surface area (Å²) in [5.41, 5.74) is 2.65. The number of hydrogen-bond acceptors (Lipinski definition) is 1. The molecule has 0 bridgehead atoms. The molecule has 1 aromatic rings. The van der Waals surface area contributed by atoms with Crippen molar-refractivity contribution in [2.75, 3.05) is 26.8 Å². The van der Waals surface area contributed by atoms with Crippen LogP contribution in [0.25, 0.3) is 0 Å². The summed E-state index contributed by atoms with van der Waals surface area (Å²) >= 11 is 0. The molecular weight excluding hydrogens is 392 g/mol. The molecule has 5 heteroatoms. The molecule has 0 aliphatic rings. The van der Waals surface area contributed by atoms with Crippen LogP contribution in [0.4, 0.5) is 4.39 Å². The highest BCUT2D eigenvalue weighted by Gasteiger charge is 2.20. The molecule has 22 heavy (non-hydrogen) atoms. The number of rotatable bonds is 7. The summed E-state index contributed by atoms with van der Waals surface area (Å²) in [6.45, 7) is 7.63. The van der Waals surface area contributed by atoms with E-state index in [-0.39, 0.29) is 36.1 Å². The lowest BCUT2D eigenvalue weighted by Crippen LogP contribution is -2.43. The minimum absolute atomic E-state index is 0. The van der Waals surface area contributed by atoms with Crippen LogP contribution in [-0.4, -0.2) is 32.8 Å². The molecule has 0 saturated heterocycles. The SMILES string of the molecule is CCc1ccc(C(C)(C)CNC(=NC)NCCCF)cc1.I. The molecule has 1 aromatic carbocycles. The van der Waals surface area contributed by atoms with Crippen molar-refractivity contribution in [2.24, 2.45) is 4.99 Å².